The predicted molar refractivity (Wildman–Crippen MR) is 425 cm³/mol. The Morgan fingerprint density at radius 1 is 0.452 bits per heavy atom. The molecule has 1 aliphatic carbocycles. The van der Waals surface area contributed by atoms with E-state index in [4.69, 9.17) is 28.9 Å². The first-order valence-corrected chi connectivity index (χ1v) is 41.1. The van der Waals surface area contributed by atoms with Crippen molar-refractivity contribution in [2.24, 2.45) is 102 Å². The number of nitriles is 1. The number of nitrogens with zero attached hydrogens (tertiary/aromatic N) is 4. The van der Waals surface area contributed by atoms with Crippen LogP contribution >= 0.6 is 0 Å². The summed E-state index contributed by atoms with van der Waals surface area (Å²) in [5.41, 5.74) is 2.24. The van der Waals surface area contributed by atoms with Gasteiger partial charge < -0.3 is 38.4 Å². The summed E-state index contributed by atoms with van der Waals surface area (Å²) in [6, 6.07) is 2.18. The quantitative estimate of drug-likeness (QED) is 0.257. The molecule has 620 valence electrons. The Morgan fingerprint density at radius 2 is 0.894 bits per heavy atom. The molecule has 16 heteroatoms. The molecule has 13 unspecified atom stereocenters. The summed E-state index contributed by atoms with van der Waals surface area (Å²) >= 11 is 0. The lowest BCUT2D eigenvalue weighted by Crippen LogP contribution is -2.45. The fraction of sp³-hybridized carbons (Fsp3) is 0.989. The van der Waals surface area contributed by atoms with Gasteiger partial charge in [-0.3, -0.25) is 0 Å². The molecule has 104 heavy (non-hydrogen) atoms. The van der Waals surface area contributed by atoms with Gasteiger partial charge in [0.25, 0.3) is 18.3 Å². The molecule has 8 aliphatic heterocycles. The second-order valence-electron chi connectivity index (χ2n) is 43.4. The third-order valence-electron chi connectivity index (χ3n) is 24.4. The summed E-state index contributed by atoms with van der Waals surface area (Å²) < 4.78 is 117. The fourth-order valence-electron chi connectivity index (χ4n) is 16.3. The Kier molecular flexibility index (Phi) is 41.2. The predicted octanol–water partition coefficient (Wildman–Crippen LogP) is 24.4. The minimum Gasteiger partial charge on any atom is -0.378 e. The van der Waals surface area contributed by atoms with Gasteiger partial charge in [-0.05, 0) is 235 Å². The molecule has 9 fully saturated rings. The van der Waals surface area contributed by atoms with Crippen molar-refractivity contribution in [1.82, 2.24) is 14.7 Å². The number of halogens is 7. The first-order valence-electron chi connectivity index (χ1n) is 41.1. The minimum absolute atomic E-state index is 0.0884. The van der Waals surface area contributed by atoms with Gasteiger partial charge >= 0.3 is 0 Å². The maximum absolute atomic E-state index is 13.3. The van der Waals surface area contributed by atoms with Crippen molar-refractivity contribution < 1.29 is 54.4 Å². The van der Waals surface area contributed by atoms with Crippen molar-refractivity contribution in [1.29, 1.82) is 5.26 Å². The molecule has 0 amide bonds. The average Bonchev–Trinajstić information content (AvgIpc) is 1.51. The summed E-state index contributed by atoms with van der Waals surface area (Å²) in [7, 11) is 3.96. The summed E-state index contributed by atoms with van der Waals surface area (Å²) in [5, 5.41) is 8.58. The summed E-state index contributed by atoms with van der Waals surface area (Å²) in [6.45, 7) is 78.0. The average molecular weight is 1500 g/mol. The van der Waals surface area contributed by atoms with Crippen LogP contribution in [0.5, 0.6) is 0 Å². The third-order valence-corrected chi connectivity index (χ3v) is 24.4. The van der Waals surface area contributed by atoms with Crippen LogP contribution in [0.4, 0.5) is 30.7 Å². The Labute approximate surface area is 638 Å². The Hall–Kier alpha value is -1.32. The molecule has 9 nitrogen and oxygen atoms in total. The van der Waals surface area contributed by atoms with Crippen LogP contribution in [0, 0.1) is 113 Å². The van der Waals surface area contributed by atoms with E-state index in [1.54, 1.807) is 11.9 Å². The van der Waals surface area contributed by atoms with Crippen LogP contribution in [0.25, 0.3) is 0 Å². The van der Waals surface area contributed by atoms with Crippen molar-refractivity contribution in [2.75, 3.05) is 99.5 Å². The topological polar surface area (TPSA) is 79.7 Å². The van der Waals surface area contributed by atoms with Crippen LogP contribution in [-0.2, 0) is 23.7 Å². The van der Waals surface area contributed by atoms with E-state index in [1.807, 2.05) is 41.5 Å². The highest BCUT2D eigenvalue weighted by Crippen LogP contribution is 2.47. The summed E-state index contributed by atoms with van der Waals surface area (Å²) in [6.07, 6.45) is 12.0. The van der Waals surface area contributed by atoms with E-state index in [9.17, 15) is 30.7 Å². The molecule has 8 saturated heterocycles. The van der Waals surface area contributed by atoms with E-state index >= 15 is 0 Å². The molecular weight excluding hydrogens is 1330 g/mol. The number of ether oxygens (including phenoxy) is 5. The number of hydrogen-bond acceptors (Lipinski definition) is 9. The zero-order valence-electron chi connectivity index (χ0n) is 73.9. The molecule has 0 aromatic rings. The monoisotopic (exact) mass is 1500 g/mol. The van der Waals surface area contributed by atoms with Crippen molar-refractivity contribution in [3.8, 4) is 6.07 Å². The second kappa shape index (κ2) is 42.5. The van der Waals surface area contributed by atoms with E-state index in [1.165, 1.54) is 71.2 Å². The minimum atomic E-state index is -2.64. The van der Waals surface area contributed by atoms with Gasteiger partial charge in [0, 0.05) is 64.5 Å². The molecule has 1 saturated carbocycles. The Morgan fingerprint density at radius 3 is 1.20 bits per heavy atom. The lowest BCUT2D eigenvalue weighted by atomic mass is 9.72. The zero-order chi connectivity index (χ0) is 80.9. The van der Waals surface area contributed by atoms with E-state index in [0.29, 0.717) is 95.4 Å². The standard InChI is InChI=1S/C11H19NO.C11H22O.C10H18F2O.C10H21N.C10H20O.C9H17F2N.C9H16F2O.C9H17F.C9H19N/c1-11(2,3)9-5-7-13-10(8-9)4-6-12;1-10(2,3)9-6-7-12-11(4,5)8-9;1-10(2,3)7-4-5-13-8(6-7)9(11)12;1-5-11-7-6-9(8-11)10(2,3)4;1-8-7-9(5-6-11-8)10(2,3)4;1-8(2,3)7-5-12(4)6-9(7,10)11;1-8(2,3)7-4-5-12-6-9(7,10)11;1-9(2,3)7-4-5-8(10)6-7;1-9(2,3)8-5-6-10(4)7-8/h9-10H,4-5,7-8H2,1-3H3;9H,6-8H2,1-5H3;7-9H,4-6H2,1-3H3;9H,5-8H2,1-4H3;8-9H,5-7H2,1-4H3;7H,5-6H2,1-4H3;7H,4-6H2,1-3H3;7-8H,4-6H2,1-3H3;8H,5-7H2,1-4H3. The molecule has 8 heterocycles. The van der Waals surface area contributed by atoms with E-state index < -0.39 is 49.0 Å². The van der Waals surface area contributed by atoms with E-state index in [2.05, 4.69) is 196 Å². The summed E-state index contributed by atoms with van der Waals surface area (Å²) in [4.78, 5) is 6.68. The van der Waals surface area contributed by atoms with Gasteiger partial charge in [-0.2, -0.15) is 5.26 Å². The van der Waals surface area contributed by atoms with Crippen LogP contribution in [0.15, 0.2) is 0 Å². The highest BCUT2D eigenvalue weighted by atomic mass is 19.3. The van der Waals surface area contributed by atoms with E-state index in [0.717, 1.165) is 82.0 Å². The van der Waals surface area contributed by atoms with E-state index in [-0.39, 0.29) is 34.5 Å². The molecular formula is C88H169F7N4O5. The molecule has 0 radical (unpaired) electrons. The number of hydrogen-bond donors (Lipinski definition) is 0. The van der Waals surface area contributed by atoms with Crippen LogP contribution in [0.3, 0.4) is 0 Å². The maximum atomic E-state index is 13.3. The largest absolute Gasteiger partial charge is 0.378 e. The number of rotatable bonds is 3. The Bertz CT molecular complexity index is 2300. The molecule has 0 bridgehead atoms. The molecule has 9 aliphatic rings. The molecule has 0 N–H and O–H groups in total. The van der Waals surface area contributed by atoms with Gasteiger partial charge in [-0.1, -0.05) is 194 Å². The molecule has 0 spiro atoms. The number of alkyl halides is 7. The van der Waals surface area contributed by atoms with Crippen LogP contribution in [0.2, 0.25) is 0 Å². The molecule has 13 atom stereocenters. The third kappa shape index (κ3) is 39.2. The second-order valence-corrected chi connectivity index (χ2v) is 43.4. The van der Waals surface area contributed by atoms with Crippen LogP contribution in [-0.4, -0.2) is 163 Å². The van der Waals surface area contributed by atoms with Crippen LogP contribution in [0.1, 0.15) is 311 Å². The SMILES string of the molecule is CC(C)(C)C1CCC(F)C1.CC(C)(C)C1CCOC(C(F)F)C1.CC(C)(C)C1CCOC(CC#N)C1.CC(C)(C)C1CCOCC1(F)F.CC1(C)CC(C(C)(C)C)CCO1.CC1CC(C(C)(C)C)CCO1.CCN1CCC(C(C)(C)C)C1.CN1CC(C(C)(C)C)C(F)(F)C1.CN1CCC(C(C)(C)C)C1. The highest BCUT2D eigenvalue weighted by Gasteiger charge is 2.52. The first kappa shape index (κ1) is 101. The van der Waals surface area contributed by atoms with Gasteiger partial charge in [0.1, 0.15) is 18.9 Å². The highest BCUT2D eigenvalue weighted by molar-refractivity contribution is 4.96. The maximum Gasteiger partial charge on any atom is 0.274 e. The van der Waals surface area contributed by atoms with Gasteiger partial charge in [0.2, 0.25) is 0 Å². The van der Waals surface area contributed by atoms with Gasteiger partial charge in [-0.25, -0.2) is 30.7 Å². The molecule has 9 rings (SSSR count). The van der Waals surface area contributed by atoms with Crippen molar-refractivity contribution in [3.05, 3.63) is 0 Å². The smallest absolute Gasteiger partial charge is 0.274 e. The number of likely N-dealkylation sites (tertiary alicyclic amines) is 3. The van der Waals surface area contributed by atoms with Gasteiger partial charge in [-0.15, -0.1) is 0 Å². The lowest BCUT2D eigenvalue weighted by molar-refractivity contribution is -0.181. The summed E-state index contributed by atoms with van der Waals surface area (Å²) in [5.74, 6) is -1.01. The molecule has 0 aromatic heterocycles. The zero-order valence-corrected chi connectivity index (χ0v) is 73.9. The fourth-order valence-corrected chi connectivity index (χ4v) is 16.3. The van der Waals surface area contributed by atoms with Crippen molar-refractivity contribution in [3.63, 3.8) is 0 Å². The van der Waals surface area contributed by atoms with Gasteiger partial charge in [0.15, 0.2) is 0 Å². The van der Waals surface area contributed by atoms with Gasteiger partial charge in [0.05, 0.1) is 36.8 Å². The lowest BCUT2D eigenvalue weighted by Gasteiger charge is -2.41. The normalized spacial score (nSPS) is 30.8. The Balaban J connectivity index is 0.000000586. The van der Waals surface area contributed by atoms with Crippen molar-refractivity contribution in [2.45, 2.75) is 359 Å². The first-order chi connectivity index (χ1) is 46.9. The molecule has 0 aromatic carbocycles. The van der Waals surface area contributed by atoms with Crippen LogP contribution < -0.4 is 0 Å². The van der Waals surface area contributed by atoms with Crippen molar-refractivity contribution >= 4 is 0 Å².